The zero-order chi connectivity index (χ0) is 18.4. The molecule has 0 radical (unpaired) electrons. The van der Waals surface area contributed by atoms with E-state index in [4.69, 9.17) is 23.2 Å². The standard InChI is InChI=1S/C19H20Cl2N2O2/c1-3-4-11-23(2)19(25)14-7-5-13(6-8-14)18(24)22-15-9-10-16(20)17(21)12-15/h5-10,12H,3-4,11H2,1-2H3,(H,22,24). The van der Waals surface area contributed by atoms with Crippen LogP contribution in [-0.4, -0.2) is 30.3 Å². The van der Waals surface area contributed by atoms with Crippen molar-refractivity contribution >= 4 is 40.7 Å². The summed E-state index contributed by atoms with van der Waals surface area (Å²) in [5.41, 5.74) is 1.57. The van der Waals surface area contributed by atoms with Crippen LogP contribution in [0.25, 0.3) is 0 Å². The molecule has 0 bridgehead atoms. The lowest BCUT2D eigenvalue weighted by atomic mass is 10.1. The van der Waals surface area contributed by atoms with Crippen molar-refractivity contribution in [1.82, 2.24) is 4.90 Å². The molecule has 0 aliphatic heterocycles. The van der Waals surface area contributed by atoms with Crippen molar-refractivity contribution in [3.8, 4) is 0 Å². The van der Waals surface area contributed by atoms with Crippen LogP contribution in [0.5, 0.6) is 0 Å². The molecule has 6 heteroatoms. The summed E-state index contributed by atoms with van der Waals surface area (Å²) in [4.78, 5) is 26.3. The quantitative estimate of drug-likeness (QED) is 0.758. The average Bonchev–Trinajstić information content (AvgIpc) is 2.62. The zero-order valence-corrected chi connectivity index (χ0v) is 15.7. The van der Waals surface area contributed by atoms with Crippen molar-refractivity contribution in [3.05, 3.63) is 63.6 Å². The Kier molecular flexibility index (Phi) is 6.85. The van der Waals surface area contributed by atoms with Gasteiger partial charge in [0.25, 0.3) is 11.8 Å². The van der Waals surface area contributed by atoms with E-state index in [1.165, 1.54) is 0 Å². The second-order valence-corrected chi connectivity index (χ2v) is 6.56. The first kappa shape index (κ1) is 19.3. The van der Waals surface area contributed by atoms with Crippen LogP contribution in [0.4, 0.5) is 5.69 Å². The molecular weight excluding hydrogens is 359 g/mol. The first-order valence-electron chi connectivity index (χ1n) is 8.04. The fraction of sp³-hybridized carbons (Fsp3) is 0.263. The number of nitrogens with zero attached hydrogens (tertiary/aromatic N) is 1. The van der Waals surface area contributed by atoms with Crippen LogP contribution in [0.3, 0.4) is 0 Å². The Morgan fingerprint density at radius 1 is 1.00 bits per heavy atom. The van der Waals surface area contributed by atoms with Crippen LogP contribution in [0, 0.1) is 0 Å². The van der Waals surface area contributed by atoms with Crippen LogP contribution in [-0.2, 0) is 0 Å². The van der Waals surface area contributed by atoms with Gasteiger partial charge in [-0.2, -0.15) is 0 Å². The van der Waals surface area contributed by atoms with Gasteiger partial charge >= 0.3 is 0 Å². The van der Waals surface area contributed by atoms with Crippen LogP contribution in [0.15, 0.2) is 42.5 Å². The lowest BCUT2D eigenvalue weighted by Gasteiger charge is -2.16. The van der Waals surface area contributed by atoms with Crippen molar-refractivity contribution in [2.75, 3.05) is 18.9 Å². The molecule has 0 fully saturated rings. The number of rotatable bonds is 6. The first-order chi connectivity index (χ1) is 11.9. The third-order valence-electron chi connectivity index (χ3n) is 3.77. The summed E-state index contributed by atoms with van der Waals surface area (Å²) in [5, 5.41) is 3.54. The normalized spacial score (nSPS) is 10.4. The second-order valence-electron chi connectivity index (χ2n) is 5.74. The van der Waals surface area contributed by atoms with Crippen molar-refractivity contribution in [2.24, 2.45) is 0 Å². The number of benzene rings is 2. The smallest absolute Gasteiger partial charge is 0.255 e. The minimum Gasteiger partial charge on any atom is -0.342 e. The second kappa shape index (κ2) is 8.88. The van der Waals surface area contributed by atoms with Gasteiger partial charge in [0.05, 0.1) is 10.0 Å². The lowest BCUT2D eigenvalue weighted by molar-refractivity contribution is 0.0792. The van der Waals surface area contributed by atoms with E-state index >= 15 is 0 Å². The van der Waals surface area contributed by atoms with Gasteiger partial charge in [-0.15, -0.1) is 0 Å². The van der Waals surface area contributed by atoms with E-state index in [1.807, 2.05) is 0 Å². The van der Waals surface area contributed by atoms with Gasteiger partial charge in [-0.3, -0.25) is 9.59 Å². The molecule has 132 valence electrons. The van der Waals surface area contributed by atoms with E-state index < -0.39 is 0 Å². The minimum absolute atomic E-state index is 0.0510. The highest BCUT2D eigenvalue weighted by Crippen LogP contribution is 2.25. The van der Waals surface area contributed by atoms with Crippen LogP contribution in [0.1, 0.15) is 40.5 Å². The maximum absolute atomic E-state index is 12.3. The van der Waals surface area contributed by atoms with Gasteiger partial charge < -0.3 is 10.2 Å². The van der Waals surface area contributed by atoms with Gasteiger partial charge in [0.2, 0.25) is 0 Å². The Hall–Kier alpha value is -2.04. The van der Waals surface area contributed by atoms with E-state index in [9.17, 15) is 9.59 Å². The SMILES string of the molecule is CCCCN(C)C(=O)c1ccc(C(=O)Nc2ccc(Cl)c(Cl)c2)cc1. The van der Waals surface area contributed by atoms with Crippen LogP contribution in [0.2, 0.25) is 10.0 Å². The molecule has 2 rings (SSSR count). The van der Waals surface area contributed by atoms with Crippen LogP contribution < -0.4 is 5.32 Å². The molecule has 25 heavy (non-hydrogen) atoms. The molecule has 0 atom stereocenters. The molecule has 2 amide bonds. The van der Waals surface area contributed by atoms with E-state index in [0.29, 0.717) is 26.9 Å². The summed E-state index contributed by atoms with van der Waals surface area (Å²) in [6.45, 7) is 2.80. The molecule has 2 aromatic carbocycles. The minimum atomic E-state index is -0.281. The van der Waals surface area contributed by atoms with Crippen molar-refractivity contribution in [3.63, 3.8) is 0 Å². The number of anilines is 1. The monoisotopic (exact) mass is 378 g/mol. The fourth-order valence-electron chi connectivity index (χ4n) is 2.26. The highest BCUT2D eigenvalue weighted by molar-refractivity contribution is 6.42. The molecule has 4 nitrogen and oxygen atoms in total. The van der Waals surface area contributed by atoms with E-state index in [0.717, 1.165) is 19.4 Å². The molecular formula is C19H20Cl2N2O2. The molecule has 2 aromatic rings. The van der Waals surface area contributed by atoms with E-state index in [-0.39, 0.29) is 11.8 Å². The first-order valence-corrected chi connectivity index (χ1v) is 8.80. The number of hydrogen-bond donors (Lipinski definition) is 1. The molecule has 0 saturated heterocycles. The highest BCUT2D eigenvalue weighted by atomic mass is 35.5. The molecule has 1 N–H and O–H groups in total. The number of carbonyl (C=O) groups is 2. The molecule has 0 unspecified atom stereocenters. The number of halogens is 2. The van der Waals surface area contributed by atoms with Gasteiger partial charge in [-0.05, 0) is 48.9 Å². The maximum atomic E-state index is 12.3. The topological polar surface area (TPSA) is 49.4 Å². The third kappa shape index (κ3) is 5.21. The summed E-state index contributed by atoms with van der Waals surface area (Å²) in [6.07, 6.45) is 2.00. The highest BCUT2D eigenvalue weighted by Gasteiger charge is 2.13. The summed E-state index contributed by atoms with van der Waals surface area (Å²) in [6, 6.07) is 11.5. The van der Waals surface area contributed by atoms with E-state index in [2.05, 4.69) is 12.2 Å². The van der Waals surface area contributed by atoms with Gasteiger partial charge in [-0.25, -0.2) is 0 Å². The Bertz CT molecular complexity index is 761. The Morgan fingerprint density at radius 3 is 2.24 bits per heavy atom. The average molecular weight is 379 g/mol. The van der Waals surface area contributed by atoms with Gasteiger partial charge in [0, 0.05) is 30.4 Å². The van der Waals surface area contributed by atoms with Gasteiger partial charge in [0.15, 0.2) is 0 Å². The number of unbranched alkanes of at least 4 members (excludes halogenated alkanes) is 1. The molecule has 0 aliphatic rings. The number of hydrogen-bond acceptors (Lipinski definition) is 2. The fourth-order valence-corrected chi connectivity index (χ4v) is 2.56. The predicted octanol–water partition coefficient (Wildman–Crippen LogP) is 5.12. The molecule has 0 spiro atoms. The Labute approximate surface area is 157 Å². The lowest BCUT2D eigenvalue weighted by Crippen LogP contribution is -2.27. The summed E-state index contributed by atoms with van der Waals surface area (Å²) >= 11 is 11.8. The maximum Gasteiger partial charge on any atom is 0.255 e. The summed E-state index contributed by atoms with van der Waals surface area (Å²) in [7, 11) is 1.78. The third-order valence-corrected chi connectivity index (χ3v) is 4.50. The number of carbonyl (C=O) groups excluding carboxylic acids is 2. The van der Waals surface area contributed by atoms with Crippen molar-refractivity contribution in [2.45, 2.75) is 19.8 Å². The predicted molar refractivity (Wildman–Crippen MR) is 103 cm³/mol. The summed E-state index contributed by atoms with van der Waals surface area (Å²) < 4.78 is 0. The van der Waals surface area contributed by atoms with Gasteiger partial charge in [-0.1, -0.05) is 36.5 Å². The van der Waals surface area contributed by atoms with Crippen molar-refractivity contribution in [1.29, 1.82) is 0 Å². The summed E-state index contributed by atoms with van der Waals surface area (Å²) in [5.74, 6) is -0.332. The Balaban J connectivity index is 2.04. The molecule has 0 heterocycles. The number of amides is 2. The molecule has 0 aliphatic carbocycles. The largest absolute Gasteiger partial charge is 0.342 e. The van der Waals surface area contributed by atoms with Crippen molar-refractivity contribution < 1.29 is 9.59 Å². The van der Waals surface area contributed by atoms with Crippen LogP contribution >= 0.6 is 23.2 Å². The molecule has 0 saturated carbocycles. The van der Waals surface area contributed by atoms with Gasteiger partial charge in [0.1, 0.15) is 0 Å². The Morgan fingerprint density at radius 2 is 1.64 bits per heavy atom. The molecule has 0 aromatic heterocycles. The number of nitrogens with one attached hydrogen (secondary N) is 1. The zero-order valence-electron chi connectivity index (χ0n) is 14.2. The van der Waals surface area contributed by atoms with E-state index in [1.54, 1.807) is 54.4 Å².